The Hall–Kier alpha value is -0.410. The van der Waals surface area contributed by atoms with E-state index in [9.17, 15) is 4.39 Å². The number of halogens is 2. The van der Waals surface area contributed by atoms with Crippen LogP contribution in [0.25, 0.3) is 0 Å². The highest BCUT2D eigenvalue weighted by atomic mass is 79.9. The van der Waals surface area contributed by atoms with Crippen molar-refractivity contribution in [3.05, 3.63) is 33.5 Å². The van der Waals surface area contributed by atoms with Crippen LogP contribution in [0.2, 0.25) is 0 Å². The molecule has 16 heavy (non-hydrogen) atoms. The van der Waals surface area contributed by atoms with Crippen LogP contribution < -0.4 is 5.73 Å². The van der Waals surface area contributed by atoms with Gasteiger partial charge in [-0.05, 0) is 52.9 Å². The van der Waals surface area contributed by atoms with Crippen LogP contribution >= 0.6 is 15.9 Å². The molecular formula is C13H17BrFN. The molecule has 3 heteroatoms. The number of benzene rings is 1. The van der Waals surface area contributed by atoms with Crippen molar-refractivity contribution in [1.82, 2.24) is 0 Å². The van der Waals surface area contributed by atoms with Crippen molar-refractivity contribution in [1.29, 1.82) is 0 Å². The van der Waals surface area contributed by atoms with Crippen molar-refractivity contribution in [3.8, 4) is 0 Å². The summed E-state index contributed by atoms with van der Waals surface area (Å²) in [6, 6.07) is 3.36. The van der Waals surface area contributed by atoms with Crippen LogP contribution in [0.15, 0.2) is 16.6 Å². The first-order chi connectivity index (χ1) is 7.54. The second-order valence-electron chi connectivity index (χ2n) is 4.75. The monoisotopic (exact) mass is 285 g/mol. The van der Waals surface area contributed by atoms with Crippen molar-refractivity contribution in [2.75, 3.05) is 0 Å². The Labute approximate surface area is 104 Å². The molecule has 0 aromatic heterocycles. The molecule has 1 fully saturated rings. The third-order valence-electron chi connectivity index (χ3n) is 3.62. The van der Waals surface area contributed by atoms with Crippen molar-refractivity contribution >= 4 is 15.9 Å². The van der Waals surface area contributed by atoms with Gasteiger partial charge < -0.3 is 5.73 Å². The first kappa shape index (κ1) is 12.1. The Morgan fingerprint density at radius 3 is 2.50 bits per heavy atom. The van der Waals surface area contributed by atoms with Gasteiger partial charge in [0.2, 0.25) is 0 Å². The van der Waals surface area contributed by atoms with E-state index in [0.717, 1.165) is 24.0 Å². The van der Waals surface area contributed by atoms with E-state index in [1.54, 1.807) is 0 Å². The molecule has 0 bridgehead atoms. The van der Waals surface area contributed by atoms with E-state index in [2.05, 4.69) is 15.9 Å². The molecule has 1 aromatic carbocycles. The minimum Gasteiger partial charge on any atom is -0.321 e. The maximum atomic E-state index is 13.4. The van der Waals surface area contributed by atoms with E-state index in [4.69, 9.17) is 5.73 Å². The Morgan fingerprint density at radius 2 is 1.88 bits per heavy atom. The van der Waals surface area contributed by atoms with E-state index < -0.39 is 0 Å². The molecule has 1 saturated carbocycles. The summed E-state index contributed by atoms with van der Waals surface area (Å²) in [5.41, 5.74) is 8.25. The molecule has 0 spiro atoms. The molecule has 0 aliphatic heterocycles. The summed E-state index contributed by atoms with van der Waals surface area (Å²) in [5, 5.41) is 0. The van der Waals surface area contributed by atoms with Crippen LogP contribution in [0.1, 0.15) is 43.2 Å². The molecule has 2 N–H and O–H groups in total. The van der Waals surface area contributed by atoms with E-state index in [1.807, 2.05) is 13.0 Å². The highest BCUT2D eigenvalue weighted by molar-refractivity contribution is 9.10. The number of rotatable bonds is 1. The molecule has 1 aliphatic rings. The molecule has 0 heterocycles. The molecule has 0 atom stereocenters. The van der Waals surface area contributed by atoms with Gasteiger partial charge >= 0.3 is 0 Å². The Kier molecular flexibility index (Phi) is 3.36. The average molecular weight is 286 g/mol. The quantitative estimate of drug-likeness (QED) is 0.829. The molecule has 0 unspecified atom stereocenters. The maximum Gasteiger partial charge on any atom is 0.137 e. The Morgan fingerprint density at radius 1 is 1.25 bits per heavy atom. The van der Waals surface area contributed by atoms with Crippen molar-refractivity contribution in [2.24, 2.45) is 5.73 Å². The Bertz CT molecular complexity index is 397. The minimum absolute atomic E-state index is 0.208. The van der Waals surface area contributed by atoms with Crippen LogP contribution in [0.4, 0.5) is 4.39 Å². The lowest BCUT2D eigenvalue weighted by Gasteiger charge is -2.35. The largest absolute Gasteiger partial charge is 0.321 e. The van der Waals surface area contributed by atoms with Gasteiger partial charge in [0.15, 0.2) is 0 Å². The fourth-order valence-corrected chi connectivity index (χ4v) is 2.99. The van der Waals surface area contributed by atoms with Crippen LogP contribution in [0.5, 0.6) is 0 Å². The molecule has 1 aromatic rings. The van der Waals surface area contributed by atoms with Crippen molar-refractivity contribution in [2.45, 2.75) is 44.6 Å². The summed E-state index contributed by atoms with van der Waals surface area (Å²) < 4.78 is 13.9. The summed E-state index contributed by atoms with van der Waals surface area (Å²) in [7, 11) is 0. The van der Waals surface area contributed by atoms with E-state index in [0.29, 0.717) is 4.47 Å². The average Bonchev–Trinajstić information content (AvgIpc) is 2.27. The summed E-state index contributed by atoms with van der Waals surface area (Å²) in [5.74, 6) is -0.208. The molecular weight excluding hydrogens is 269 g/mol. The predicted molar refractivity (Wildman–Crippen MR) is 67.8 cm³/mol. The summed E-state index contributed by atoms with van der Waals surface area (Å²) in [4.78, 5) is 0. The molecule has 0 saturated heterocycles. The van der Waals surface area contributed by atoms with Crippen molar-refractivity contribution in [3.63, 3.8) is 0 Å². The Balaban J connectivity index is 2.43. The molecule has 88 valence electrons. The first-order valence-corrected chi connectivity index (χ1v) is 6.58. The third-order valence-corrected chi connectivity index (χ3v) is 4.59. The molecule has 1 nitrogen and oxygen atoms in total. The van der Waals surface area contributed by atoms with Crippen LogP contribution in [0, 0.1) is 12.7 Å². The standard InChI is InChI=1S/C13H17BrFN/c1-9-10(5-6-11(15)12(9)14)13(16)7-3-2-4-8-13/h5-6H,2-4,7-8,16H2,1H3. The van der Waals surface area contributed by atoms with Gasteiger partial charge in [-0.2, -0.15) is 0 Å². The highest BCUT2D eigenvalue weighted by Gasteiger charge is 2.31. The summed E-state index contributed by atoms with van der Waals surface area (Å²) in [6.07, 6.45) is 5.62. The molecule has 2 rings (SSSR count). The van der Waals surface area contributed by atoms with E-state index in [1.165, 1.54) is 25.3 Å². The van der Waals surface area contributed by atoms with Gasteiger partial charge in [-0.1, -0.05) is 25.3 Å². The van der Waals surface area contributed by atoms with Crippen LogP contribution in [-0.4, -0.2) is 0 Å². The van der Waals surface area contributed by atoms with Gasteiger partial charge in [-0.15, -0.1) is 0 Å². The van der Waals surface area contributed by atoms with Gasteiger partial charge in [-0.25, -0.2) is 4.39 Å². The zero-order valence-corrected chi connectivity index (χ0v) is 11.1. The second kappa shape index (κ2) is 4.46. The fourth-order valence-electron chi connectivity index (χ4n) is 2.64. The van der Waals surface area contributed by atoms with Crippen molar-refractivity contribution < 1.29 is 4.39 Å². The lowest BCUT2D eigenvalue weighted by molar-refractivity contribution is 0.300. The van der Waals surface area contributed by atoms with Gasteiger partial charge in [0, 0.05) is 5.54 Å². The molecule has 1 aliphatic carbocycles. The second-order valence-corrected chi connectivity index (χ2v) is 5.54. The lowest BCUT2D eigenvalue weighted by Crippen LogP contribution is -2.39. The fraction of sp³-hybridized carbons (Fsp3) is 0.538. The zero-order valence-electron chi connectivity index (χ0n) is 9.52. The zero-order chi connectivity index (χ0) is 11.8. The van der Waals surface area contributed by atoms with Gasteiger partial charge in [0.25, 0.3) is 0 Å². The van der Waals surface area contributed by atoms with E-state index in [-0.39, 0.29) is 11.4 Å². The van der Waals surface area contributed by atoms with Crippen LogP contribution in [0.3, 0.4) is 0 Å². The van der Waals surface area contributed by atoms with Crippen LogP contribution in [-0.2, 0) is 5.54 Å². The number of hydrogen-bond donors (Lipinski definition) is 1. The third kappa shape index (κ3) is 2.03. The van der Waals surface area contributed by atoms with Gasteiger partial charge in [0.05, 0.1) is 4.47 Å². The molecule has 0 amide bonds. The SMILES string of the molecule is Cc1c(C2(N)CCCCC2)ccc(F)c1Br. The normalized spacial score (nSPS) is 19.8. The van der Waals surface area contributed by atoms with E-state index >= 15 is 0 Å². The predicted octanol–water partition coefficient (Wildman–Crippen LogP) is 4.01. The first-order valence-electron chi connectivity index (χ1n) is 5.78. The van der Waals surface area contributed by atoms with Gasteiger partial charge in [0.1, 0.15) is 5.82 Å². The number of hydrogen-bond acceptors (Lipinski definition) is 1. The lowest BCUT2D eigenvalue weighted by atomic mass is 9.76. The highest BCUT2D eigenvalue weighted by Crippen LogP contribution is 2.38. The number of nitrogens with two attached hydrogens (primary N) is 1. The minimum atomic E-state index is -0.251. The topological polar surface area (TPSA) is 26.0 Å². The van der Waals surface area contributed by atoms with Gasteiger partial charge in [-0.3, -0.25) is 0 Å². The maximum absolute atomic E-state index is 13.4. The summed E-state index contributed by atoms with van der Waals surface area (Å²) in [6.45, 7) is 1.94. The summed E-state index contributed by atoms with van der Waals surface area (Å²) >= 11 is 3.29. The smallest absolute Gasteiger partial charge is 0.137 e. The molecule has 0 radical (unpaired) electrons.